The van der Waals surface area contributed by atoms with Crippen LogP contribution in [0.25, 0.3) is 0 Å². The molecule has 1 aromatic carbocycles. The van der Waals surface area contributed by atoms with Crippen LogP contribution in [0, 0.1) is 0 Å². The number of nitrogens with zero attached hydrogens (tertiary/aromatic N) is 2. The summed E-state index contributed by atoms with van der Waals surface area (Å²) < 4.78 is 25.8. The number of benzene rings is 1. The van der Waals surface area contributed by atoms with Gasteiger partial charge in [0.1, 0.15) is 0 Å². The molecule has 0 saturated carbocycles. The summed E-state index contributed by atoms with van der Waals surface area (Å²) in [5.41, 5.74) is 1.09. The predicted molar refractivity (Wildman–Crippen MR) is 83.1 cm³/mol. The van der Waals surface area contributed by atoms with Crippen molar-refractivity contribution in [1.82, 2.24) is 14.9 Å². The van der Waals surface area contributed by atoms with E-state index in [9.17, 15) is 8.42 Å². The molecule has 2 N–H and O–H groups in total. The van der Waals surface area contributed by atoms with Crippen LogP contribution in [-0.2, 0) is 10.0 Å². The number of sulfonamides is 1. The molecule has 0 aliphatic carbocycles. The molecule has 116 valence electrons. The second-order valence-electron chi connectivity index (χ2n) is 5.54. The standard InChI is InChI=1S/C14H22N4O2S/c1-15-21(19,20)14-4-2-12(3-5-14)17-6-8-18(9-7-17)13-10-16-11-13/h2-5,13,15-16H,6-11H2,1H3. The quantitative estimate of drug-likeness (QED) is 0.799. The van der Waals surface area contributed by atoms with E-state index >= 15 is 0 Å². The van der Waals surface area contributed by atoms with Crippen molar-refractivity contribution < 1.29 is 8.42 Å². The first-order valence-corrected chi connectivity index (χ1v) is 8.82. The molecule has 6 nitrogen and oxygen atoms in total. The second-order valence-corrected chi connectivity index (χ2v) is 7.42. The largest absolute Gasteiger partial charge is 0.369 e. The number of nitrogens with one attached hydrogen (secondary N) is 2. The van der Waals surface area contributed by atoms with Gasteiger partial charge in [-0.15, -0.1) is 0 Å². The highest BCUT2D eigenvalue weighted by atomic mass is 32.2. The zero-order valence-corrected chi connectivity index (χ0v) is 13.1. The molecule has 3 rings (SSSR count). The van der Waals surface area contributed by atoms with E-state index < -0.39 is 10.0 Å². The summed E-state index contributed by atoms with van der Waals surface area (Å²) in [5, 5.41) is 3.31. The molecule has 0 atom stereocenters. The van der Waals surface area contributed by atoms with Gasteiger partial charge in [-0.05, 0) is 31.3 Å². The summed E-state index contributed by atoms with van der Waals surface area (Å²) in [6.45, 7) is 6.35. The molecular weight excluding hydrogens is 288 g/mol. The van der Waals surface area contributed by atoms with Crippen molar-refractivity contribution in [2.75, 3.05) is 51.2 Å². The maximum atomic E-state index is 11.7. The van der Waals surface area contributed by atoms with Crippen LogP contribution in [0.15, 0.2) is 29.2 Å². The first kappa shape index (κ1) is 14.8. The zero-order chi connectivity index (χ0) is 14.9. The predicted octanol–water partition coefficient (Wildman–Crippen LogP) is -0.311. The Bertz CT molecular complexity index is 575. The third-order valence-electron chi connectivity index (χ3n) is 4.37. The second kappa shape index (κ2) is 5.92. The minimum absolute atomic E-state index is 0.313. The summed E-state index contributed by atoms with van der Waals surface area (Å²) in [7, 11) is -1.92. The van der Waals surface area contributed by atoms with E-state index in [-0.39, 0.29) is 0 Å². The Morgan fingerprint density at radius 2 is 1.71 bits per heavy atom. The lowest BCUT2D eigenvalue weighted by molar-refractivity contribution is 0.138. The van der Waals surface area contributed by atoms with Gasteiger partial charge in [0.15, 0.2) is 0 Å². The molecule has 0 aromatic heterocycles. The summed E-state index contributed by atoms with van der Waals surface area (Å²) in [4.78, 5) is 5.17. The van der Waals surface area contributed by atoms with E-state index in [0.717, 1.165) is 45.0 Å². The topological polar surface area (TPSA) is 64.7 Å². The Morgan fingerprint density at radius 3 is 2.19 bits per heavy atom. The fraction of sp³-hybridized carbons (Fsp3) is 0.571. The van der Waals surface area contributed by atoms with Crippen molar-refractivity contribution in [2.45, 2.75) is 10.9 Å². The SMILES string of the molecule is CNS(=O)(=O)c1ccc(N2CCN(C3CNC3)CC2)cc1. The van der Waals surface area contributed by atoms with Crippen LogP contribution < -0.4 is 14.9 Å². The van der Waals surface area contributed by atoms with Crippen molar-refractivity contribution >= 4 is 15.7 Å². The molecule has 2 fully saturated rings. The van der Waals surface area contributed by atoms with Gasteiger partial charge in [-0.25, -0.2) is 13.1 Å². The van der Waals surface area contributed by atoms with Gasteiger partial charge in [-0.1, -0.05) is 0 Å². The molecule has 2 heterocycles. The number of hydrogen-bond donors (Lipinski definition) is 2. The lowest BCUT2D eigenvalue weighted by Gasteiger charge is -2.43. The van der Waals surface area contributed by atoms with Crippen LogP contribution in [0.4, 0.5) is 5.69 Å². The summed E-state index contributed by atoms with van der Waals surface area (Å²) in [5.74, 6) is 0. The molecule has 2 aliphatic heterocycles. The first-order valence-electron chi connectivity index (χ1n) is 7.33. The summed E-state index contributed by atoms with van der Waals surface area (Å²) in [6.07, 6.45) is 0. The van der Waals surface area contributed by atoms with Gasteiger partial charge in [0.2, 0.25) is 10.0 Å². The zero-order valence-electron chi connectivity index (χ0n) is 12.2. The van der Waals surface area contributed by atoms with Gasteiger partial charge < -0.3 is 10.2 Å². The van der Waals surface area contributed by atoms with E-state index in [2.05, 4.69) is 19.8 Å². The van der Waals surface area contributed by atoms with Gasteiger partial charge in [0.25, 0.3) is 0 Å². The summed E-state index contributed by atoms with van der Waals surface area (Å²) in [6, 6.07) is 7.83. The molecule has 0 unspecified atom stereocenters. The highest BCUT2D eigenvalue weighted by Gasteiger charge is 2.27. The van der Waals surface area contributed by atoms with Gasteiger partial charge >= 0.3 is 0 Å². The minimum atomic E-state index is -3.35. The Morgan fingerprint density at radius 1 is 1.10 bits per heavy atom. The lowest BCUT2D eigenvalue weighted by Crippen LogP contribution is -2.61. The maximum Gasteiger partial charge on any atom is 0.240 e. The fourth-order valence-corrected chi connectivity index (χ4v) is 3.56. The van der Waals surface area contributed by atoms with E-state index in [1.165, 1.54) is 7.05 Å². The molecule has 0 radical (unpaired) electrons. The number of anilines is 1. The minimum Gasteiger partial charge on any atom is -0.369 e. The molecule has 0 bridgehead atoms. The van der Waals surface area contributed by atoms with E-state index in [1.807, 2.05) is 12.1 Å². The van der Waals surface area contributed by atoms with Crippen LogP contribution in [0.5, 0.6) is 0 Å². The van der Waals surface area contributed by atoms with Crippen LogP contribution in [0.3, 0.4) is 0 Å². The molecule has 2 saturated heterocycles. The van der Waals surface area contributed by atoms with Crippen LogP contribution in [0.2, 0.25) is 0 Å². The fourth-order valence-electron chi connectivity index (χ4n) is 2.83. The van der Waals surface area contributed by atoms with Gasteiger partial charge in [-0.2, -0.15) is 0 Å². The van der Waals surface area contributed by atoms with E-state index in [0.29, 0.717) is 10.9 Å². The van der Waals surface area contributed by atoms with Gasteiger partial charge in [-0.3, -0.25) is 4.90 Å². The maximum absolute atomic E-state index is 11.7. The Hall–Kier alpha value is -1.15. The number of hydrogen-bond acceptors (Lipinski definition) is 5. The number of piperazine rings is 1. The Labute approximate surface area is 126 Å². The van der Waals surface area contributed by atoms with Crippen LogP contribution in [-0.4, -0.2) is 65.7 Å². The first-order chi connectivity index (χ1) is 10.1. The van der Waals surface area contributed by atoms with Crippen molar-refractivity contribution in [3.63, 3.8) is 0 Å². The van der Waals surface area contributed by atoms with Gasteiger partial charge in [0.05, 0.1) is 4.90 Å². The third kappa shape index (κ3) is 3.06. The molecule has 0 amide bonds. The normalized spacial score (nSPS) is 21.3. The highest BCUT2D eigenvalue weighted by molar-refractivity contribution is 7.89. The molecule has 2 aliphatic rings. The monoisotopic (exact) mass is 310 g/mol. The summed E-state index contributed by atoms with van der Waals surface area (Å²) >= 11 is 0. The average molecular weight is 310 g/mol. The van der Waals surface area contributed by atoms with E-state index in [4.69, 9.17) is 0 Å². The highest BCUT2D eigenvalue weighted by Crippen LogP contribution is 2.20. The van der Waals surface area contributed by atoms with Gasteiger partial charge in [0, 0.05) is 51.0 Å². The lowest BCUT2D eigenvalue weighted by atomic mass is 10.1. The van der Waals surface area contributed by atoms with Crippen LogP contribution in [0.1, 0.15) is 0 Å². The molecule has 21 heavy (non-hydrogen) atoms. The molecule has 7 heteroatoms. The smallest absolute Gasteiger partial charge is 0.240 e. The van der Waals surface area contributed by atoms with Crippen LogP contribution >= 0.6 is 0 Å². The van der Waals surface area contributed by atoms with Crippen molar-refractivity contribution in [1.29, 1.82) is 0 Å². The Kier molecular flexibility index (Phi) is 4.17. The van der Waals surface area contributed by atoms with Crippen molar-refractivity contribution in [3.05, 3.63) is 24.3 Å². The third-order valence-corrected chi connectivity index (χ3v) is 5.80. The molecule has 1 aromatic rings. The molecular formula is C14H22N4O2S. The Balaban J connectivity index is 1.63. The van der Waals surface area contributed by atoms with E-state index in [1.54, 1.807) is 12.1 Å². The van der Waals surface area contributed by atoms with Crippen molar-refractivity contribution in [3.8, 4) is 0 Å². The molecule has 0 spiro atoms. The number of rotatable bonds is 4. The van der Waals surface area contributed by atoms with Crippen molar-refractivity contribution in [2.24, 2.45) is 0 Å². The average Bonchev–Trinajstić information content (AvgIpc) is 2.46.